The molecule has 0 aliphatic carbocycles. The smallest absolute Gasteiger partial charge is 0.268 e. The number of nitrogens with zero attached hydrogens (tertiary/aromatic N) is 2. The van der Waals surface area contributed by atoms with Gasteiger partial charge in [-0.2, -0.15) is 13.5 Å². The minimum Gasteiger partial charge on any atom is -0.268 e. The third-order valence-corrected chi connectivity index (χ3v) is 2.82. The van der Waals surface area contributed by atoms with Crippen LogP contribution in [0.5, 0.6) is 0 Å². The number of hydrogen-bond acceptors (Lipinski definition) is 3. The summed E-state index contributed by atoms with van der Waals surface area (Å²) in [6.07, 6.45) is 1.49. The van der Waals surface area contributed by atoms with Crippen LogP contribution in [0.1, 0.15) is 0 Å². The first-order valence-electron chi connectivity index (χ1n) is 3.85. The SMILES string of the molecule is Cn1ncc2cc(S(=O)(=O)F)ccc21. The minimum atomic E-state index is -4.62. The lowest BCUT2D eigenvalue weighted by Gasteiger charge is -1.96. The molecule has 0 radical (unpaired) electrons. The lowest BCUT2D eigenvalue weighted by atomic mass is 10.3. The largest absolute Gasteiger partial charge is 0.332 e. The molecule has 1 aromatic heterocycles. The number of halogens is 1. The average Bonchev–Trinajstić information content (AvgIpc) is 2.46. The monoisotopic (exact) mass is 214 g/mol. The zero-order chi connectivity index (χ0) is 10.3. The maximum atomic E-state index is 12.6. The van der Waals surface area contributed by atoms with E-state index in [-0.39, 0.29) is 4.90 Å². The molecule has 6 heteroatoms. The van der Waals surface area contributed by atoms with Gasteiger partial charge in [-0.15, -0.1) is 3.89 Å². The van der Waals surface area contributed by atoms with E-state index in [9.17, 15) is 12.3 Å². The fraction of sp³-hybridized carbons (Fsp3) is 0.125. The van der Waals surface area contributed by atoms with Crippen molar-refractivity contribution in [2.75, 3.05) is 0 Å². The van der Waals surface area contributed by atoms with Crippen LogP contribution >= 0.6 is 0 Å². The second-order valence-corrected chi connectivity index (χ2v) is 4.27. The van der Waals surface area contributed by atoms with Crippen LogP contribution in [-0.2, 0) is 17.3 Å². The Morgan fingerprint density at radius 1 is 1.43 bits per heavy atom. The van der Waals surface area contributed by atoms with Crippen molar-refractivity contribution >= 4 is 21.1 Å². The van der Waals surface area contributed by atoms with Crippen molar-refractivity contribution < 1.29 is 12.3 Å². The predicted molar refractivity (Wildman–Crippen MR) is 49.0 cm³/mol. The fourth-order valence-corrected chi connectivity index (χ4v) is 1.79. The zero-order valence-corrected chi connectivity index (χ0v) is 8.12. The Balaban J connectivity index is 2.76. The Morgan fingerprint density at radius 2 is 2.14 bits per heavy atom. The Hall–Kier alpha value is -1.43. The van der Waals surface area contributed by atoms with Crippen LogP contribution in [0, 0.1) is 0 Å². The summed E-state index contributed by atoms with van der Waals surface area (Å²) >= 11 is 0. The van der Waals surface area contributed by atoms with Crippen molar-refractivity contribution in [1.82, 2.24) is 9.78 Å². The number of hydrogen-bond donors (Lipinski definition) is 0. The van der Waals surface area contributed by atoms with E-state index in [1.807, 2.05) is 0 Å². The van der Waals surface area contributed by atoms with E-state index in [2.05, 4.69) is 5.10 Å². The molecule has 4 nitrogen and oxygen atoms in total. The molecule has 1 aromatic carbocycles. The normalized spacial score (nSPS) is 12.1. The Kier molecular flexibility index (Phi) is 1.81. The Labute approximate surface area is 80.2 Å². The molecule has 0 saturated heterocycles. The third kappa shape index (κ3) is 1.37. The quantitative estimate of drug-likeness (QED) is 0.671. The molecule has 0 aliphatic heterocycles. The van der Waals surface area contributed by atoms with Crippen LogP contribution in [0.4, 0.5) is 3.89 Å². The predicted octanol–water partition coefficient (Wildman–Crippen LogP) is 1.23. The molecule has 0 saturated carbocycles. The topological polar surface area (TPSA) is 52.0 Å². The fourth-order valence-electron chi connectivity index (χ4n) is 1.29. The lowest BCUT2D eigenvalue weighted by molar-refractivity contribution is 0.552. The van der Waals surface area contributed by atoms with Crippen molar-refractivity contribution in [3.05, 3.63) is 24.4 Å². The number of aryl methyl sites for hydroxylation is 1. The number of rotatable bonds is 1. The van der Waals surface area contributed by atoms with E-state index in [4.69, 9.17) is 0 Å². The van der Waals surface area contributed by atoms with E-state index < -0.39 is 10.2 Å². The Bertz CT molecular complexity index is 588. The molecular formula is C8H7FN2O2S. The van der Waals surface area contributed by atoms with Crippen molar-refractivity contribution in [1.29, 1.82) is 0 Å². The van der Waals surface area contributed by atoms with Crippen LogP contribution in [-0.4, -0.2) is 18.2 Å². The molecule has 1 heterocycles. The van der Waals surface area contributed by atoms with Gasteiger partial charge in [0.25, 0.3) is 0 Å². The standard InChI is InChI=1S/C8H7FN2O2S/c1-11-8-3-2-7(14(9,12)13)4-6(8)5-10-11/h2-5H,1H3. The molecule has 74 valence electrons. The zero-order valence-electron chi connectivity index (χ0n) is 7.31. The molecule has 0 amide bonds. The van der Waals surface area contributed by atoms with Crippen molar-refractivity contribution in [2.45, 2.75) is 4.90 Å². The summed E-state index contributed by atoms with van der Waals surface area (Å²) in [5.41, 5.74) is 0.761. The van der Waals surface area contributed by atoms with Crippen LogP contribution in [0.2, 0.25) is 0 Å². The van der Waals surface area contributed by atoms with Crippen molar-refractivity contribution in [2.24, 2.45) is 7.05 Å². The minimum absolute atomic E-state index is 0.335. The summed E-state index contributed by atoms with van der Waals surface area (Å²) in [7, 11) is -2.89. The van der Waals surface area contributed by atoms with Gasteiger partial charge < -0.3 is 0 Å². The number of aromatic nitrogens is 2. The molecule has 0 atom stereocenters. The maximum absolute atomic E-state index is 12.6. The molecular weight excluding hydrogens is 207 g/mol. The maximum Gasteiger partial charge on any atom is 0.332 e. The highest BCUT2D eigenvalue weighted by Crippen LogP contribution is 2.19. The van der Waals surface area contributed by atoms with Gasteiger partial charge in [0.05, 0.1) is 16.6 Å². The molecule has 14 heavy (non-hydrogen) atoms. The van der Waals surface area contributed by atoms with Crippen LogP contribution in [0.15, 0.2) is 29.3 Å². The van der Waals surface area contributed by atoms with Gasteiger partial charge in [-0.05, 0) is 18.2 Å². The molecule has 0 unspecified atom stereocenters. The van der Waals surface area contributed by atoms with E-state index in [0.29, 0.717) is 5.39 Å². The van der Waals surface area contributed by atoms with E-state index in [1.165, 1.54) is 24.4 Å². The second kappa shape index (κ2) is 2.78. The van der Waals surface area contributed by atoms with Gasteiger partial charge >= 0.3 is 10.2 Å². The van der Waals surface area contributed by atoms with Gasteiger partial charge in [-0.1, -0.05) is 0 Å². The van der Waals surface area contributed by atoms with Gasteiger partial charge in [0.15, 0.2) is 0 Å². The first kappa shape index (κ1) is 9.14. The highest BCUT2D eigenvalue weighted by atomic mass is 32.3. The summed E-state index contributed by atoms with van der Waals surface area (Å²) in [4.78, 5) is -0.335. The van der Waals surface area contributed by atoms with Crippen molar-refractivity contribution in [3.63, 3.8) is 0 Å². The van der Waals surface area contributed by atoms with E-state index >= 15 is 0 Å². The molecule has 2 rings (SSSR count). The first-order valence-corrected chi connectivity index (χ1v) is 5.23. The van der Waals surface area contributed by atoms with Gasteiger partial charge in [0.1, 0.15) is 0 Å². The molecule has 0 N–H and O–H groups in total. The third-order valence-electron chi connectivity index (χ3n) is 2.00. The van der Waals surface area contributed by atoms with Gasteiger partial charge in [0.2, 0.25) is 0 Å². The number of benzene rings is 1. The summed E-state index contributed by atoms with van der Waals surface area (Å²) in [5.74, 6) is 0. The van der Waals surface area contributed by atoms with Crippen molar-refractivity contribution in [3.8, 4) is 0 Å². The lowest BCUT2D eigenvalue weighted by Crippen LogP contribution is -1.92. The van der Waals surface area contributed by atoms with Gasteiger partial charge in [-0.3, -0.25) is 4.68 Å². The molecule has 0 fully saturated rings. The highest BCUT2D eigenvalue weighted by molar-refractivity contribution is 7.86. The number of fused-ring (bicyclic) bond motifs is 1. The molecule has 0 spiro atoms. The van der Waals surface area contributed by atoms with Crippen LogP contribution in [0.25, 0.3) is 10.9 Å². The van der Waals surface area contributed by atoms with Crippen LogP contribution < -0.4 is 0 Å². The van der Waals surface area contributed by atoms with E-state index in [0.717, 1.165) is 5.52 Å². The Morgan fingerprint density at radius 3 is 2.79 bits per heavy atom. The van der Waals surface area contributed by atoms with Crippen LogP contribution in [0.3, 0.4) is 0 Å². The summed E-state index contributed by atoms with van der Waals surface area (Å²) in [6.45, 7) is 0. The van der Waals surface area contributed by atoms with E-state index in [1.54, 1.807) is 11.7 Å². The second-order valence-electron chi connectivity index (χ2n) is 2.93. The summed E-state index contributed by atoms with van der Waals surface area (Å²) < 4.78 is 35.4. The summed E-state index contributed by atoms with van der Waals surface area (Å²) in [6, 6.07) is 4.01. The first-order chi connectivity index (χ1) is 6.48. The molecule has 0 aliphatic rings. The van der Waals surface area contributed by atoms with Gasteiger partial charge in [0, 0.05) is 12.4 Å². The molecule has 0 bridgehead atoms. The van der Waals surface area contributed by atoms with Gasteiger partial charge in [-0.25, -0.2) is 0 Å². The highest BCUT2D eigenvalue weighted by Gasteiger charge is 2.12. The average molecular weight is 214 g/mol. The molecule has 2 aromatic rings. The summed E-state index contributed by atoms with van der Waals surface area (Å²) in [5, 5.41) is 4.52.